The Labute approximate surface area is 158 Å². The van der Waals surface area contributed by atoms with Crippen LogP contribution in [0, 0.1) is 11.8 Å². The van der Waals surface area contributed by atoms with Crippen molar-refractivity contribution in [3.8, 4) is 0 Å². The summed E-state index contributed by atoms with van der Waals surface area (Å²) in [5, 5.41) is 3.26. The van der Waals surface area contributed by atoms with Gasteiger partial charge in [-0.3, -0.25) is 4.79 Å². The van der Waals surface area contributed by atoms with E-state index in [-0.39, 0.29) is 18.0 Å². The number of carbonyl (C=O) groups excluding carboxylic acids is 2. The number of carbonyl (C=O) groups is 2. The number of nitrogens with one attached hydrogen (secondary N) is 1. The Bertz CT molecular complexity index is 872. The van der Waals surface area contributed by atoms with Gasteiger partial charge in [0, 0.05) is 18.0 Å². The van der Waals surface area contributed by atoms with Gasteiger partial charge in [-0.25, -0.2) is 4.79 Å². The molecule has 0 bridgehead atoms. The molecule has 0 aromatic heterocycles. The third kappa shape index (κ3) is 3.36. The summed E-state index contributed by atoms with van der Waals surface area (Å²) < 4.78 is 5.60. The quantitative estimate of drug-likeness (QED) is 0.817. The van der Waals surface area contributed by atoms with Crippen LogP contribution in [-0.2, 0) is 11.2 Å². The second-order valence-corrected chi connectivity index (χ2v) is 8.05. The normalized spacial score (nSPS) is 21.5. The molecule has 1 aliphatic heterocycles. The molecule has 1 amide bonds. The molecule has 0 spiro atoms. The summed E-state index contributed by atoms with van der Waals surface area (Å²) in [5.41, 5.74) is 3.08. The van der Waals surface area contributed by atoms with E-state index in [1.807, 2.05) is 36.4 Å². The summed E-state index contributed by atoms with van der Waals surface area (Å²) in [6.07, 6.45) is 5.23. The van der Waals surface area contributed by atoms with Crippen LogP contribution in [-0.4, -0.2) is 17.9 Å². The summed E-state index contributed by atoms with van der Waals surface area (Å²) in [7, 11) is 0. The van der Waals surface area contributed by atoms with Crippen molar-refractivity contribution in [2.24, 2.45) is 11.8 Å². The molecule has 1 heterocycles. The molecule has 2 saturated carbocycles. The highest BCUT2D eigenvalue weighted by atomic mass is 16.5. The lowest BCUT2D eigenvalue weighted by Gasteiger charge is -2.25. The Balaban J connectivity index is 1.37. The van der Waals surface area contributed by atoms with Crippen LogP contribution in [0.15, 0.2) is 48.5 Å². The zero-order valence-corrected chi connectivity index (χ0v) is 15.2. The summed E-state index contributed by atoms with van der Waals surface area (Å²) in [6.45, 7) is 0. The Morgan fingerprint density at radius 1 is 1.00 bits per heavy atom. The largest absolute Gasteiger partial charge is 0.454 e. The van der Waals surface area contributed by atoms with E-state index < -0.39 is 0 Å². The molecule has 2 aromatic carbocycles. The van der Waals surface area contributed by atoms with Gasteiger partial charge in [0.05, 0.1) is 5.56 Å². The van der Waals surface area contributed by atoms with Gasteiger partial charge in [-0.1, -0.05) is 30.3 Å². The second-order valence-electron chi connectivity index (χ2n) is 8.05. The zero-order chi connectivity index (χ0) is 18.4. The van der Waals surface area contributed by atoms with Crippen LogP contribution >= 0.6 is 0 Å². The highest BCUT2D eigenvalue weighted by Crippen LogP contribution is 2.44. The number of fused-ring (bicyclic) bond motifs is 1. The minimum absolute atomic E-state index is 0.0169. The van der Waals surface area contributed by atoms with Crippen molar-refractivity contribution in [2.45, 2.75) is 44.2 Å². The van der Waals surface area contributed by atoms with Gasteiger partial charge in [0.1, 0.15) is 6.10 Å². The van der Waals surface area contributed by atoms with Crippen molar-refractivity contribution in [1.29, 1.82) is 0 Å². The topological polar surface area (TPSA) is 55.4 Å². The number of cyclic esters (lactones) is 1. The lowest BCUT2D eigenvalue weighted by Crippen LogP contribution is -2.38. The van der Waals surface area contributed by atoms with E-state index >= 15 is 0 Å². The fraction of sp³-hybridized carbons (Fsp3) is 0.391. The van der Waals surface area contributed by atoms with Crippen LogP contribution in [0.2, 0.25) is 0 Å². The van der Waals surface area contributed by atoms with Crippen LogP contribution in [0.1, 0.15) is 63.6 Å². The smallest absolute Gasteiger partial charge is 0.339 e. The number of hydrogen-bond donors (Lipinski definition) is 1. The fourth-order valence-electron chi connectivity index (χ4n) is 4.16. The maximum Gasteiger partial charge on any atom is 0.339 e. The number of esters is 1. The minimum atomic E-state index is -0.314. The second kappa shape index (κ2) is 6.52. The van der Waals surface area contributed by atoms with E-state index in [1.54, 1.807) is 12.1 Å². The Hall–Kier alpha value is -2.62. The molecule has 1 N–H and O–H groups in total. The van der Waals surface area contributed by atoms with Crippen molar-refractivity contribution >= 4 is 11.9 Å². The van der Waals surface area contributed by atoms with E-state index in [9.17, 15) is 9.59 Å². The molecule has 2 aromatic rings. The number of ether oxygens (including phenoxy) is 1. The highest BCUT2D eigenvalue weighted by molar-refractivity contribution is 5.98. The molecule has 2 aliphatic carbocycles. The maximum atomic E-state index is 12.8. The number of amides is 1. The molecule has 3 aliphatic rings. The first kappa shape index (κ1) is 16.5. The van der Waals surface area contributed by atoms with Crippen LogP contribution in [0.5, 0.6) is 0 Å². The molecule has 138 valence electrons. The lowest BCUT2D eigenvalue weighted by molar-refractivity contribution is 0.0252. The van der Waals surface area contributed by atoms with E-state index in [0.717, 1.165) is 11.1 Å². The molecule has 27 heavy (non-hydrogen) atoms. The van der Waals surface area contributed by atoms with Crippen molar-refractivity contribution < 1.29 is 14.3 Å². The Morgan fingerprint density at radius 2 is 1.70 bits per heavy atom. The molecule has 4 heteroatoms. The average molecular weight is 361 g/mol. The summed E-state index contributed by atoms with van der Waals surface area (Å²) in [5.74, 6) is 0.996. The van der Waals surface area contributed by atoms with Gasteiger partial charge in [-0.15, -0.1) is 0 Å². The van der Waals surface area contributed by atoms with Crippen LogP contribution in [0.3, 0.4) is 0 Å². The first-order valence-electron chi connectivity index (χ1n) is 9.89. The molecule has 0 unspecified atom stereocenters. The highest BCUT2D eigenvalue weighted by Gasteiger charge is 2.42. The molecule has 1 atom stereocenters. The summed E-state index contributed by atoms with van der Waals surface area (Å²) in [6, 6.07) is 15.4. The Kier molecular flexibility index (Phi) is 4.00. The van der Waals surface area contributed by atoms with E-state index in [2.05, 4.69) is 5.32 Å². The van der Waals surface area contributed by atoms with E-state index in [0.29, 0.717) is 35.4 Å². The molecular weight excluding hydrogens is 338 g/mol. The van der Waals surface area contributed by atoms with Gasteiger partial charge in [0.2, 0.25) is 0 Å². The van der Waals surface area contributed by atoms with Crippen molar-refractivity contribution in [2.75, 3.05) is 0 Å². The van der Waals surface area contributed by atoms with Crippen LogP contribution < -0.4 is 5.32 Å². The van der Waals surface area contributed by atoms with Crippen molar-refractivity contribution in [1.82, 2.24) is 5.32 Å². The number of benzene rings is 2. The first-order valence-corrected chi connectivity index (χ1v) is 9.89. The number of rotatable bonds is 5. The van der Waals surface area contributed by atoms with Crippen LogP contribution in [0.25, 0.3) is 0 Å². The van der Waals surface area contributed by atoms with Gasteiger partial charge in [-0.05, 0) is 66.8 Å². The van der Waals surface area contributed by atoms with Crippen molar-refractivity contribution in [3.63, 3.8) is 0 Å². The standard InChI is InChI=1S/C23H23NO3/c25-22(24-21(15-6-7-15)16-8-9-16)17-10-11-19-18(12-17)13-20(27-23(19)26)14-4-2-1-3-5-14/h1-5,10-12,15-16,20-21H,6-9,13H2,(H,24,25)/t20-/m1/s1. The molecule has 5 rings (SSSR count). The molecule has 2 fully saturated rings. The molecule has 0 saturated heterocycles. The molecule has 0 radical (unpaired) electrons. The van der Waals surface area contributed by atoms with Gasteiger partial charge in [0.25, 0.3) is 5.91 Å². The summed E-state index contributed by atoms with van der Waals surface area (Å²) >= 11 is 0. The monoisotopic (exact) mass is 361 g/mol. The molecule has 4 nitrogen and oxygen atoms in total. The number of hydrogen-bond acceptors (Lipinski definition) is 3. The van der Waals surface area contributed by atoms with Crippen molar-refractivity contribution in [3.05, 3.63) is 70.8 Å². The van der Waals surface area contributed by atoms with E-state index in [1.165, 1.54) is 25.7 Å². The van der Waals surface area contributed by atoms with Gasteiger partial charge in [0.15, 0.2) is 0 Å². The van der Waals surface area contributed by atoms with E-state index in [4.69, 9.17) is 4.74 Å². The van der Waals surface area contributed by atoms with Gasteiger partial charge < -0.3 is 10.1 Å². The van der Waals surface area contributed by atoms with Gasteiger partial charge >= 0.3 is 5.97 Å². The average Bonchev–Trinajstić information content (AvgIpc) is 3.59. The Morgan fingerprint density at radius 3 is 2.37 bits per heavy atom. The summed E-state index contributed by atoms with van der Waals surface area (Å²) in [4.78, 5) is 25.2. The third-order valence-corrected chi connectivity index (χ3v) is 5.97. The minimum Gasteiger partial charge on any atom is -0.454 e. The predicted molar refractivity (Wildman–Crippen MR) is 101 cm³/mol. The SMILES string of the molecule is O=C(NC(C1CC1)C1CC1)c1ccc2c(c1)C[C@H](c1ccccc1)OC2=O. The third-order valence-electron chi connectivity index (χ3n) is 5.97. The first-order chi connectivity index (χ1) is 13.2. The lowest BCUT2D eigenvalue weighted by atomic mass is 9.93. The zero-order valence-electron chi connectivity index (χ0n) is 15.2. The maximum absolute atomic E-state index is 12.8. The van der Waals surface area contributed by atoms with Gasteiger partial charge in [-0.2, -0.15) is 0 Å². The molecular formula is C23H23NO3. The fourth-order valence-corrected chi connectivity index (χ4v) is 4.16. The predicted octanol–water partition coefficient (Wildman–Crippen LogP) is 4.06. The van der Waals surface area contributed by atoms with Crippen LogP contribution in [0.4, 0.5) is 0 Å².